The first-order chi connectivity index (χ1) is 13.5. The van der Waals surface area contributed by atoms with Crippen LogP contribution in [0.5, 0.6) is 5.75 Å². The lowest BCUT2D eigenvalue weighted by Gasteiger charge is -2.12. The lowest BCUT2D eigenvalue weighted by atomic mass is 10.0. The molecule has 3 aromatic rings. The number of aryl methyl sites for hydroxylation is 2. The Kier molecular flexibility index (Phi) is 5.71. The van der Waals surface area contributed by atoms with Crippen LogP contribution in [0.4, 0.5) is 0 Å². The average Bonchev–Trinajstić information content (AvgIpc) is 2.70. The molecule has 0 radical (unpaired) electrons. The third-order valence-electron chi connectivity index (χ3n) is 4.55. The molecule has 140 valence electrons. The first-order valence-electron chi connectivity index (χ1n) is 8.91. The summed E-state index contributed by atoms with van der Waals surface area (Å²) < 4.78 is 5.84. The van der Waals surface area contributed by atoms with Gasteiger partial charge < -0.3 is 9.84 Å². The van der Waals surface area contributed by atoms with Gasteiger partial charge in [-0.05, 0) is 55.3 Å². The van der Waals surface area contributed by atoms with E-state index in [2.05, 4.69) is 43.1 Å². The molecule has 3 rings (SSSR count). The number of ether oxygens (including phenoxy) is 1. The molecule has 0 saturated heterocycles. The van der Waals surface area contributed by atoms with Crippen LogP contribution in [-0.4, -0.2) is 22.7 Å². The summed E-state index contributed by atoms with van der Waals surface area (Å²) in [7, 11) is 0. The van der Waals surface area contributed by atoms with Crippen molar-refractivity contribution < 1.29 is 14.6 Å². The lowest BCUT2D eigenvalue weighted by Crippen LogP contribution is -2.05. The van der Waals surface area contributed by atoms with E-state index in [1.54, 1.807) is 24.3 Å². The Hall–Kier alpha value is -3.65. The molecule has 0 saturated carbocycles. The van der Waals surface area contributed by atoms with Gasteiger partial charge >= 0.3 is 5.97 Å². The molecule has 2 aromatic carbocycles. The lowest BCUT2D eigenvalue weighted by molar-refractivity contribution is 0.0697. The van der Waals surface area contributed by atoms with E-state index in [0.29, 0.717) is 29.2 Å². The van der Waals surface area contributed by atoms with Crippen LogP contribution in [0.15, 0.2) is 54.7 Å². The maximum Gasteiger partial charge on any atom is 0.337 e. The van der Waals surface area contributed by atoms with Gasteiger partial charge in [-0.1, -0.05) is 23.8 Å². The fourth-order valence-corrected chi connectivity index (χ4v) is 3.04. The van der Waals surface area contributed by atoms with E-state index in [0.717, 1.165) is 6.42 Å². The monoisotopic (exact) mass is 372 g/mol. The number of carbonyl (C=O) groups is 1. The topological polar surface area (TPSA) is 83.2 Å². The maximum absolute atomic E-state index is 11.4. The Bertz CT molecular complexity index is 1070. The number of carboxylic acids is 1. The molecule has 0 amide bonds. The number of nitrogens with zero attached hydrogens (tertiary/aromatic N) is 2. The molecule has 0 aliphatic rings. The molecule has 0 fully saturated rings. The van der Waals surface area contributed by atoms with E-state index in [1.165, 1.54) is 29.0 Å². The summed E-state index contributed by atoms with van der Waals surface area (Å²) in [6.07, 6.45) is 2.27. The van der Waals surface area contributed by atoms with E-state index in [9.17, 15) is 15.2 Å². The second-order valence-electron chi connectivity index (χ2n) is 6.56. The number of hydrogen-bond acceptors (Lipinski definition) is 4. The van der Waals surface area contributed by atoms with Gasteiger partial charge in [0.25, 0.3) is 0 Å². The van der Waals surface area contributed by atoms with Crippen molar-refractivity contribution in [2.45, 2.75) is 20.3 Å². The van der Waals surface area contributed by atoms with Gasteiger partial charge in [0.2, 0.25) is 0 Å². The third-order valence-corrected chi connectivity index (χ3v) is 4.55. The van der Waals surface area contributed by atoms with Gasteiger partial charge in [0, 0.05) is 18.2 Å². The van der Waals surface area contributed by atoms with Gasteiger partial charge in [-0.3, -0.25) is 4.98 Å². The Morgan fingerprint density at radius 2 is 2.00 bits per heavy atom. The second kappa shape index (κ2) is 8.36. The number of rotatable bonds is 6. The zero-order chi connectivity index (χ0) is 20.1. The smallest absolute Gasteiger partial charge is 0.337 e. The van der Waals surface area contributed by atoms with Crippen molar-refractivity contribution in [1.82, 2.24) is 4.98 Å². The number of hydrogen-bond donors (Lipinski definition) is 1. The van der Waals surface area contributed by atoms with Gasteiger partial charge in [0.05, 0.1) is 23.4 Å². The van der Waals surface area contributed by atoms with Crippen LogP contribution in [0.3, 0.4) is 0 Å². The second-order valence-corrected chi connectivity index (χ2v) is 6.56. The summed E-state index contributed by atoms with van der Waals surface area (Å²) in [6.45, 7) is 4.57. The van der Waals surface area contributed by atoms with Crippen molar-refractivity contribution >= 4 is 5.97 Å². The Morgan fingerprint density at radius 3 is 2.75 bits per heavy atom. The van der Waals surface area contributed by atoms with Crippen molar-refractivity contribution in [3.63, 3.8) is 0 Å². The van der Waals surface area contributed by atoms with E-state index >= 15 is 0 Å². The fourth-order valence-electron chi connectivity index (χ4n) is 3.04. The molecule has 0 bridgehead atoms. The third kappa shape index (κ3) is 4.18. The first-order valence-corrected chi connectivity index (χ1v) is 8.91. The van der Waals surface area contributed by atoms with Crippen molar-refractivity contribution in [1.29, 1.82) is 5.26 Å². The first kappa shape index (κ1) is 19.1. The van der Waals surface area contributed by atoms with Crippen molar-refractivity contribution in [2.75, 3.05) is 6.61 Å². The van der Waals surface area contributed by atoms with Crippen LogP contribution in [0, 0.1) is 25.2 Å². The fraction of sp³-hybridized carbons (Fsp3) is 0.174. The quantitative estimate of drug-likeness (QED) is 0.686. The largest absolute Gasteiger partial charge is 0.492 e. The summed E-state index contributed by atoms with van der Waals surface area (Å²) >= 11 is 0. The summed E-state index contributed by atoms with van der Waals surface area (Å²) in [5.74, 6) is -0.583. The highest BCUT2D eigenvalue weighted by atomic mass is 16.5. The number of nitriles is 1. The van der Waals surface area contributed by atoms with Crippen LogP contribution < -0.4 is 4.74 Å². The molecule has 1 N–H and O–H groups in total. The van der Waals surface area contributed by atoms with Crippen LogP contribution in [0.2, 0.25) is 0 Å². The molecule has 28 heavy (non-hydrogen) atoms. The number of aromatic nitrogens is 1. The normalized spacial score (nSPS) is 10.3. The molecule has 1 aromatic heterocycles. The van der Waals surface area contributed by atoms with Gasteiger partial charge in [0.1, 0.15) is 11.8 Å². The van der Waals surface area contributed by atoms with Crippen molar-refractivity contribution in [2.24, 2.45) is 0 Å². The van der Waals surface area contributed by atoms with Gasteiger partial charge in [-0.25, -0.2) is 4.79 Å². The molecule has 0 aliphatic carbocycles. The van der Waals surface area contributed by atoms with E-state index in [4.69, 9.17) is 4.74 Å². The molecule has 1 heterocycles. The highest BCUT2D eigenvalue weighted by Gasteiger charge is 2.14. The summed E-state index contributed by atoms with van der Waals surface area (Å²) in [5.41, 5.74) is 4.96. The number of aromatic carboxylic acids is 1. The van der Waals surface area contributed by atoms with Crippen LogP contribution in [-0.2, 0) is 6.42 Å². The van der Waals surface area contributed by atoms with Gasteiger partial charge in [0.15, 0.2) is 0 Å². The average molecular weight is 372 g/mol. The number of pyridine rings is 1. The van der Waals surface area contributed by atoms with E-state index in [-0.39, 0.29) is 5.56 Å². The summed E-state index contributed by atoms with van der Waals surface area (Å²) in [6, 6.07) is 16.5. The standard InChI is InChI=1S/C23H20N2O3/c1-15-5-6-16(2)17(12-15)9-11-28-21-8-7-18(13-19(21)14-24)22-20(23(26)27)4-3-10-25-22/h3-8,10,12-13H,9,11H2,1-2H3,(H,26,27). The zero-order valence-corrected chi connectivity index (χ0v) is 15.8. The van der Waals surface area contributed by atoms with Gasteiger partial charge in [-0.2, -0.15) is 5.26 Å². The molecular weight excluding hydrogens is 352 g/mol. The Labute approximate surface area is 163 Å². The molecular formula is C23H20N2O3. The Balaban J connectivity index is 1.80. The highest BCUT2D eigenvalue weighted by molar-refractivity contribution is 5.94. The molecule has 0 atom stereocenters. The number of benzene rings is 2. The zero-order valence-electron chi connectivity index (χ0n) is 15.8. The maximum atomic E-state index is 11.4. The number of carboxylic acid groups (broad SMARTS) is 1. The molecule has 0 spiro atoms. The molecule has 5 nitrogen and oxygen atoms in total. The summed E-state index contributed by atoms with van der Waals surface area (Å²) in [5, 5.41) is 18.8. The minimum Gasteiger partial charge on any atom is -0.492 e. The molecule has 0 unspecified atom stereocenters. The minimum absolute atomic E-state index is 0.0926. The molecule has 0 aliphatic heterocycles. The SMILES string of the molecule is Cc1ccc(C)c(CCOc2ccc(-c3ncccc3C(=O)O)cc2C#N)c1. The predicted octanol–water partition coefficient (Wildman–Crippen LogP) is 4.56. The predicted molar refractivity (Wildman–Crippen MR) is 106 cm³/mol. The van der Waals surface area contributed by atoms with Crippen LogP contribution in [0.1, 0.15) is 32.6 Å². The van der Waals surface area contributed by atoms with Crippen LogP contribution in [0.25, 0.3) is 11.3 Å². The molecule has 5 heteroatoms. The summed E-state index contributed by atoms with van der Waals surface area (Å²) in [4.78, 5) is 15.6. The van der Waals surface area contributed by atoms with Crippen molar-refractivity contribution in [3.05, 3.63) is 82.5 Å². The van der Waals surface area contributed by atoms with E-state index < -0.39 is 5.97 Å². The minimum atomic E-state index is -1.06. The highest BCUT2D eigenvalue weighted by Crippen LogP contribution is 2.27. The Morgan fingerprint density at radius 1 is 1.18 bits per heavy atom. The van der Waals surface area contributed by atoms with E-state index in [1.807, 2.05) is 0 Å². The van der Waals surface area contributed by atoms with Crippen LogP contribution >= 0.6 is 0 Å². The van der Waals surface area contributed by atoms with Gasteiger partial charge in [-0.15, -0.1) is 0 Å². The van der Waals surface area contributed by atoms with Crippen molar-refractivity contribution in [3.8, 4) is 23.1 Å².